The Labute approximate surface area is 240 Å². The maximum absolute atomic E-state index is 11.8. The second-order valence-electron chi connectivity index (χ2n) is 13.9. The highest BCUT2D eigenvalue weighted by molar-refractivity contribution is 5.83. The number of aromatic hydroxyl groups is 1. The summed E-state index contributed by atoms with van der Waals surface area (Å²) in [6.07, 6.45) is 9.60. The van der Waals surface area contributed by atoms with Gasteiger partial charge in [0.25, 0.3) is 0 Å². The Kier molecular flexibility index (Phi) is 14.7. The molecule has 5 nitrogen and oxygen atoms in total. The lowest BCUT2D eigenvalue weighted by Gasteiger charge is -2.38. The van der Waals surface area contributed by atoms with Gasteiger partial charge in [-0.1, -0.05) is 93.2 Å². The third-order valence-electron chi connectivity index (χ3n) is 8.21. The van der Waals surface area contributed by atoms with Gasteiger partial charge in [0.2, 0.25) is 0 Å². The summed E-state index contributed by atoms with van der Waals surface area (Å²) in [7, 11) is 0. The maximum Gasteiger partial charge on any atom is 0.304 e. The fraction of sp³-hybridized carbons (Fsp3) is 0.794. The molecule has 1 aromatic carbocycles. The molecule has 0 aromatic heterocycles. The highest BCUT2D eigenvalue weighted by Crippen LogP contribution is 2.36. The van der Waals surface area contributed by atoms with Gasteiger partial charge in [-0.2, -0.15) is 0 Å². The number of rotatable bonds is 17. The van der Waals surface area contributed by atoms with Gasteiger partial charge in [-0.05, 0) is 81.3 Å². The van der Waals surface area contributed by atoms with Crippen molar-refractivity contribution in [1.29, 1.82) is 0 Å². The molecule has 226 valence electrons. The average molecular weight is 548 g/mol. The molecule has 0 radical (unpaired) electrons. The summed E-state index contributed by atoms with van der Waals surface area (Å²) in [5.41, 5.74) is 1.05. The van der Waals surface area contributed by atoms with E-state index in [2.05, 4.69) is 60.4 Å². The van der Waals surface area contributed by atoms with E-state index >= 15 is 0 Å². The molecule has 0 aliphatic heterocycles. The van der Waals surface area contributed by atoms with E-state index in [1.165, 1.54) is 12.8 Å². The van der Waals surface area contributed by atoms with Crippen molar-refractivity contribution in [1.82, 2.24) is 0 Å². The number of ether oxygens (including phenoxy) is 2. The lowest BCUT2D eigenvalue weighted by atomic mass is 9.75. The highest BCUT2D eigenvalue weighted by Gasteiger charge is 2.40. The minimum absolute atomic E-state index is 0.147. The summed E-state index contributed by atoms with van der Waals surface area (Å²) in [6.45, 7) is 24.1. The molecule has 0 aliphatic rings. The monoisotopic (exact) mass is 547 g/mol. The topological polar surface area (TPSA) is 71.3 Å². The zero-order valence-corrected chi connectivity index (χ0v) is 27.1. The van der Waals surface area contributed by atoms with Crippen molar-refractivity contribution in [3.63, 3.8) is 0 Å². The van der Waals surface area contributed by atoms with Crippen LogP contribution in [0, 0.1) is 22.7 Å². The molecule has 0 heterocycles. The second-order valence-corrected chi connectivity index (χ2v) is 13.9. The highest BCUT2D eigenvalue weighted by atomic mass is 16.8. The minimum Gasteiger partial charge on any atom is -0.507 e. The van der Waals surface area contributed by atoms with Crippen LogP contribution < -0.4 is 0 Å². The Bertz CT molecular complexity index is 802. The van der Waals surface area contributed by atoms with E-state index in [1.807, 2.05) is 19.9 Å². The van der Waals surface area contributed by atoms with Crippen LogP contribution in [0.2, 0.25) is 0 Å². The largest absolute Gasteiger partial charge is 0.507 e. The van der Waals surface area contributed by atoms with Crippen LogP contribution >= 0.6 is 0 Å². The van der Waals surface area contributed by atoms with Gasteiger partial charge in [0.15, 0.2) is 0 Å². The Morgan fingerprint density at radius 2 is 1.18 bits per heavy atom. The minimum atomic E-state index is -1.87. The quantitative estimate of drug-likeness (QED) is 0.151. The summed E-state index contributed by atoms with van der Waals surface area (Å²) >= 11 is 0. The van der Waals surface area contributed by atoms with Crippen molar-refractivity contribution in [2.75, 3.05) is 0 Å². The molecular weight excluding hydrogens is 486 g/mol. The molecule has 5 unspecified atom stereocenters. The first-order chi connectivity index (χ1) is 18.0. The lowest BCUT2D eigenvalue weighted by Crippen LogP contribution is -2.49. The van der Waals surface area contributed by atoms with Gasteiger partial charge < -0.3 is 19.7 Å². The van der Waals surface area contributed by atoms with Crippen molar-refractivity contribution >= 4 is 6.21 Å². The van der Waals surface area contributed by atoms with Crippen molar-refractivity contribution in [3.8, 4) is 5.75 Å². The van der Waals surface area contributed by atoms with Gasteiger partial charge >= 0.3 is 5.97 Å². The van der Waals surface area contributed by atoms with E-state index < -0.39 is 12.0 Å². The molecule has 0 fully saturated rings. The number of hydrogen-bond donors (Lipinski definition) is 2. The zero-order chi connectivity index (χ0) is 29.9. The van der Waals surface area contributed by atoms with Gasteiger partial charge in [0.1, 0.15) is 11.8 Å². The predicted octanol–water partition coefficient (Wildman–Crippen LogP) is 9.14. The summed E-state index contributed by atoms with van der Waals surface area (Å²) in [5.74, 6) is -0.547. The Morgan fingerprint density at radius 3 is 1.56 bits per heavy atom. The van der Waals surface area contributed by atoms with E-state index in [-0.39, 0.29) is 28.8 Å². The van der Waals surface area contributed by atoms with Crippen LogP contribution in [0.5, 0.6) is 5.75 Å². The molecule has 5 heteroatoms. The molecule has 0 bridgehead atoms. The number of aliphatic hydroxyl groups is 1. The predicted molar refractivity (Wildman–Crippen MR) is 165 cm³/mol. The molecule has 6 atom stereocenters. The fourth-order valence-corrected chi connectivity index (χ4v) is 5.39. The van der Waals surface area contributed by atoms with Crippen LogP contribution in [0.25, 0.3) is 0 Å². The number of hydrogen-bond acceptors (Lipinski definition) is 5. The standard InChI is InChI=1S/C34H61NO4/c1-12-16-29(32(6,7)8)22-20-25(3)38-34(37,27(5)35-24-28-18-14-15-19-31(28)36)39-26(4)21-23-30(17-13-2)33(9,10)11/h14-15,18-19,24-27,29-30,36-37H,12-13,16-17,20-23H2,1-11H3/t25-,26?,27?,29?,30?,34?/m1/s1. The van der Waals surface area contributed by atoms with Crippen molar-refractivity contribution in [3.05, 3.63) is 29.8 Å². The lowest BCUT2D eigenvalue weighted by molar-refractivity contribution is -0.393. The Morgan fingerprint density at radius 1 is 0.744 bits per heavy atom. The first-order valence-corrected chi connectivity index (χ1v) is 15.4. The van der Waals surface area contributed by atoms with Crippen LogP contribution in [0.15, 0.2) is 29.3 Å². The first-order valence-electron chi connectivity index (χ1n) is 15.4. The molecule has 0 saturated carbocycles. The number of nitrogens with zero attached hydrogens (tertiary/aromatic N) is 1. The molecule has 2 N–H and O–H groups in total. The molecular formula is C34H61NO4. The van der Waals surface area contributed by atoms with Crippen molar-refractivity contribution in [2.24, 2.45) is 27.7 Å². The maximum atomic E-state index is 11.8. The first kappa shape index (κ1) is 35.6. The number of benzene rings is 1. The van der Waals surface area contributed by atoms with Gasteiger partial charge in [0, 0.05) is 11.8 Å². The number of phenols is 1. The van der Waals surface area contributed by atoms with Gasteiger partial charge in [-0.15, -0.1) is 0 Å². The molecule has 0 spiro atoms. The molecule has 1 aromatic rings. The fourth-order valence-electron chi connectivity index (χ4n) is 5.39. The van der Waals surface area contributed by atoms with Crippen LogP contribution in [0.4, 0.5) is 0 Å². The van der Waals surface area contributed by atoms with E-state index in [1.54, 1.807) is 31.3 Å². The number of phenolic OH excluding ortho intramolecular Hbond substituents is 1. The van der Waals surface area contributed by atoms with Crippen molar-refractivity contribution < 1.29 is 19.7 Å². The summed E-state index contributed by atoms with van der Waals surface area (Å²) in [4.78, 5) is 4.58. The zero-order valence-electron chi connectivity index (χ0n) is 27.1. The third-order valence-corrected chi connectivity index (χ3v) is 8.21. The third kappa shape index (κ3) is 12.7. The van der Waals surface area contributed by atoms with Gasteiger partial charge in [0.05, 0.1) is 12.2 Å². The summed E-state index contributed by atoms with van der Waals surface area (Å²) < 4.78 is 12.6. The Balaban J connectivity index is 3.06. The SMILES string of the molecule is CCCC(CCC(C)OC(O)(O[C@H](C)CCC(CCC)C(C)(C)C)C(C)N=Cc1ccccc1O)C(C)(C)C. The van der Waals surface area contributed by atoms with E-state index in [0.717, 1.165) is 38.5 Å². The Hall–Kier alpha value is -1.43. The van der Waals surface area contributed by atoms with Gasteiger partial charge in [-0.25, -0.2) is 0 Å². The number of para-hydroxylation sites is 1. The van der Waals surface area contributed by atoms with E-state index in [4.69, 9.17) is 9.47 Å². The second kappa shape index (κ2) is 16.1. The van der Waals surface area contributed by atoms with Crippen molar-refractivity contribution in [2.45, 2.75) is 152 Å². The molecule has 1 rings (SSSR count). The average Bonchev–Trinajstić information content (AvgIpc) is 2.82. The summed E-state index contributed by atoms with van der Waals surface area (Å²) in [5, 5.41) is 22.0. The molecule has 0 amide bonds. The number of aliphatic imine (C=N–C) groups is 1. The normalized spacial score (nSPS) is 18.5. The summed E-state index contributed by atoms with van der Waals surface area (Å²) in [6, 6.07) is 6.34. The van der Waals surface area contributed by atoms with Crippen LogP contribution in [-0.4, -0.2) is 40.7 Å². The van der Waals surface area contributed by atoms with Crippen LogP contribution in [0.1, 0.15) is 133 Å². The molecule has 0 saturated heterocycles. The van der Waals surface area contributed by atoms with Crippen LogP contribution in [-0.2, 0) is 9.47 Å². The smallest absolute Gasteiger partial charge is 0.304 e. The van der Waals surface area contributed by atoms with E-state index in [9.17, 15) is 10.2 Å². The van der Waals surface area contributed by atoms with E-state index in [0.29, 0.717) is 17.4 Å². The molecule has 0 aliphatic carbocycles. The van der Waals surface area contributed by atoms with Gasteiger partial charge in [-0.3, -0.25) is 4.99 Å². The van der Waals surface area contributed by atoms with Crippen LogP contribution in [0.3, 0.4) is 0 Å². The molecule has 39 heavy (non-hydrogen) atoms.